The monoisotopic (exact) mass is 343 g/mol. The molecule has 2 aromatic carbocycles. The first-order chi connectivity index (χ1) is 11.5. The van der Waals surface area contributed by atoms with Gasteiger partial charge in [-0.05, 0) is 55.5 Å². The Kier molecular flexibility index (Phi) is 6.44. The van der Waals surface area contributed by atoms with Gasteiger partial charge in [-0.3, -0.25) is 4.79 Å². The summed E-state index contributed by atoms with van der Waals surface area (Å²) in [5.41, 5.74) is 1.69. The summed E-state index contributed by atoms with van der Waals surface area (Å²) in [7, 11) is 0. The summed E-state index contributed by atoms with van der Waals surface area (Å²) in [6.07, 6.45) is 0. The highest BCUT2D eigenvalue weighted by Crippen LogP contribution is 2.23. The van der Waals surface area contributed by atoms with Crippen LogP contribution in [0, 0.1) is 0 Å². The Morgan fingerprint density at radius 3 is 2.12 bits per heavy atom. The van der Waals surface area contributed by atoms with Crippen LogP contribution in [0.1, 0.15) is 41.5 Å². The Labute approximate surface area is 146 Å². The molecule has 0 unspecified atom stereocenters. The van der Waals surface area contributed by atoms with Crippen LogP contribution in [0.5, 0.6) is 0 Å². The predicted molar refractivity (Wildman–Crippen MR) is 97.8 cm³/mol. The first-order valence-corrected chi connectivity index (χ1v) is 8.73. The predicted octanol–water partition coefficient (Wildman–Crippen LogP) is 4.62. The van der Waals surface area contributed by atoms with Crippen LogP contribution in [-0.4, -0.2) is 23.7 Å². The van der Waals surface area contributed by atoms with Crippen LogP contribution in [0.4, 0.5) is 5.69 Å². The number of thioether (sulfide) groups is 1. The number of hydrogen-bond donors (Lipinski definition) is 1. The molecule has 0 aromatic heterocycles. The number of benzene rings is 2. The standard InChI is InChI=1S/C19H21NO3S/c1-4-23-19(22)15-5-9-16(10-6-15)20-18(21)14-7-11-17(12-8-14)24-13(2)3/h5-13H,4H2,1-3H3,(H,20,21). The van der Waals surface area contributed by atoms with Crippen molar-refractivity contribution in [3.63, 3.8) is 0 Å². The summed E-state index contributed by atoms with van der Waals surface area (Å²) < 4.78 is 4.93. The first kappa shape index (κ1) is 18.1. The van der Waals surface area contributed by atoms with E-state index in [1.807, 2.05) is 24.3 Å². The van der Waals surface area contributed by atoms with E-state index in [9.17, 15) is 9.59 Å². The van der Waals surface area contributed by atoms with Crippen molar-refractivity contribution in [1.29, 1.82) is 0 Å². The van der Waals surface area contributed by atoms with Gasteiger partial charge in [0, 0.05) is 21.4 Å². The third kappa shape index (κ3) is 5.13. The number of amides is 1. The van der Waals surface area contributed by atoms with E-state index in [4.69, 9.17) is 4.74 Å². The van der Waals surface area contributed by atoms with Crippen LogP contribution in [0.3, 0.4) is 0 Å². The van der Waals surface area contributed by atoms with E-state index in [-0.39, 0.29) is 11.9 Å². The molecule has 0 saturated heterocycles. The molecule has 0 spiro atoms. The van der Waals surface area contributed by atoms with Crippen LogP contribution in [0.15, 0.2) is 53.4 Å². The molecular formula is C19H21NO3S. The van der Waals surface area contributed by atoms with E-state index in [0.29, 0.717) is 28.7 Å². The molecule has 0 aliphatic rings. The van der Waals surface area contributed by atoms with Gasteiger partial charge in [-0.25, -0.2) is 4.79 Å². The third-order valence-corrected chi connectivity index (χ3v) is 4.16. The molecule has 0 radical (unpaired) electrons. The Morgan fingerprint density at radius 1 is 1.00 bits per heavy atom. The lowest BCUT2D eigenvalue weighted by Crippen LogP contribution is -2.12. The van der Waals surface area contributed by atoms with Gasteiger partial charge >= 0.3 is 5.97 Å². The summed E-state index contributed by atoms with van der Waals surface area (Å²) >= 11 is 1.76. The van der Waals surface area contributed by atoms with E-state index in [2.05, 4.69) is 19.2 Å². The molecule has 126 valence electrons. The van der Waals surface area contributed by atoms with Gasteiger partial charge in [-0.1, -0.05) is 13.8 Å². The number of ether oxygens (including phenoxy) is 1. The maximum atomic E-state index is 12.3. The van der Waals surface area contributed by atoms with Gasteiger partial charge in [0.25, 0.3) is 5.91 Å². The van der Waals surface area contributed by atoms with Crippen molar-refractivity contribution in [1.82, 2.24) is 0 Å². The third-order valence-electron chi connectivity index (χ3n) is 3.14. The molecule has 0 aliphatic carbocycles. The van der Waals surface area contributed by atoms with Crippen molar-refractivity contribution < 1.29 is 14.3 Å². The van der Waals surface area contributed by atoms with Gasteiger partial charge in [0.15, 0.2) is 0 Å². The summed E-state index contributed by atoms with van der Waals surface area (Å²) in [5, 5.41) is 3.32. The number of nitrogens with one attached hydrogen (secondary N) is 1. The van der Waals surface area contributed by atoms with Crippen LogP contribution in [0.25, 0.3) is 0 Å². The minimum atomic E-state index is -0.367. The highest BCUT2D eigenvalue weighted by Gasteiger charge is 2.09. The lowest BCUT2D eigenvalue weighted by Gasteiger charge is -2.08. The molecule has 0 saturated carbocycles. The molecule has 0 fully saturated rings. The smallest absolute Gasteiger partial charge is 0.338 e. The fourth-order valence-electron chi connectivity index (χ4n) is 2.06. The first-order valence-electron chi connectivity index (χ1n) is 7.85. The maximum absolute atomic E-state index is 12.3. The van der Waals surface area contributed by atoms with E-state index in [1.54, 1.807) is 43.0 Å². The van der Waals surface area contributed by atoms with Crippen LogP contribution in [-0.2, 0) is 4.74 Å². The van der Waals surface area contributed by atoms with E-state index in [0.717, 1.165) is 4.90 Å². The molecular weight excluding hydrogens is 322 g/mol. The maximum Gasteiger partial charge on any atom is 0.338 e. The molecule has 0 heterocycles. The van der Waals surface area contributed by atoms with Crippen molar-refractivity contribution in [3.05, 3.63) is 59.7 Å². The average molecular weight is 343 g/mol. The van der Waals surface area contributed by atoms with Crippen molar-refractivity contribution in [3.8, 4) is 0 Å². The van der Waals surface area contributed by atoms with Crippen molar-refractivity contribution in [2.75, 3.05) is 11.9 Å². The number of anilines is 1. The average Bonchev–Trinajstić information content (AvgIpc) is 2.56. The van der Waals surface area contributed by atoms with Gasteiger partial charge in [-0.15, -0.1) is 11.8 Å². The minimum Gasteiger partial charge on any atom is -0.462 e. The largest absolute Gasteiger partial charge is 0.462 e. The van der Waals surface area contributed by atoms with Gasteiger partial charge in [0.2, 0.25) is 0 Å². The Bertz CT molecular complexity index is 694. The normalized spacial score (nSPS) is 10.5. The number of hydrogen-bond acceptors (Lipinski definition) is 4. The molecule has 0 atom stereocenters. The fourth-order valence-corrected chi connectivity index (χ4v) is 2.90. The summed E-state index contributed by atoms with van der Waals surface area (Å²) in [6, 6.07) is 14.2. The SMILES string of the molecule is CCOC(=O)c1ccc(NC(=O)c2ccc(SC(C)C)cc2)cc1. The molecule has 0 bridgehead atoms. The number of carbonyl (C=O) groups excluding carboxylic acids is 2. The minimum absolute atomic E-state index is 0.181. The van der Waals surface area contributed by atoms with Crippen LogP contribution < -0.4 is 5.32 Å². The number of carbonyl (C=O) groups is 2. The quantitative estimate of drug-likeness (QED) is 0.614. The number of rotatable bonds is 6. The number of esters is 1. The molecule has 1 N–H and O–H groups in total. The Hall–Kier alpha value is -2.27. The van der Waals surface area contributed by atoms with E-state index < -0.39 is 0 Å². The van der Waals surface area contributed by atoms with Crippen molar-refractivity contribution in [2.45, 2.75) is 30.9 Å². The lowest BCUT2D eigenvalue weighted by molar-refractivity contribution is 0.0526. The molecule has 24 heavy (non-hydrogen) atoms. The van der Waals surface area contributed by atoms with Crippen molar-refractivity contribution in [2.24, 2.45) is 0 Å². The molecule has 5 heteroatoms. The van der Waals surface area contributed by atoms with Crippen LogP contribution >= 0.6 is 11.8 Å². The van der Waals surface area contributed by atoms with Crippen LogP contribution in [0.2, 0.25) is 0 Å². The zero-order valence-electron chi connectivity index (χ0n) is 14.0. The summed E-state index contributed by atoms with van der Waals surface area (Å²) in [6.45, 7) is 6.36. The Balaban J connectivity index is 2.00. The van der Waals surface area contributed by atoms with Gasteiger partial charge in [0.1, 0.15) is 0 Å². The Morgan fingerprint density at radius 2 is 1.58 bits per heavy atom. The second-order valence-electron chi connectivity index (χ2n) is 5.44. The van der Waals surface area contributed by atoms with E-state index >= 15 is 0 Å². The molecule has 1 amide bonds. The molecule has 2 aromatic rings. The molecule has 0 aliphatic heterocycles. The molecule has 4 nitrogen and oxygen atoms in total. The van der Waals surface area contributed by atoms with Gasteiger partial charge < -0.3 is 10.1 Å². The van der Waals surface area contributed by atoms with Crippen molar-refractivity contribution >= 4 is 29.3 Å². The highest BCUT2D eigenvalue weighted by molar-refractivity contribution is 7.99. The van der Waals surface area contributed by atoms with Gasteiger partial charge in [-0.2, -0.15) is 0 Å². The zero-order chi connectivity index (χ0) is 17.5. The summed E-state index contributed by atoms with van der Waals surface area (Å²) in [4.78, 5) is 25.0. The lowest BCUT2D eigenvalue weighted by atomic mass is 10.2. The topological polar surface area (TPSA) is 55.4 Å². The highest BCUT2D eigenvalue weighted by atomic mass is 32.2. The molecule has 2 rings (SSSR count). The zero-order valence-corrected chi connectivity index (χ0v) is 14.9. The summed E-state index contributed by atoms with van der Waals surface area (Å²) in [5.74, 6) is -0.548. The fraction of sp³-hybridized carbons (Fsp3) is 0.263. The van der Waals surface area contributed by atoms with Gasteiger partial charge in [0.05, 0.1) is 12.2 Å². The second kappa shape index (κ2) is 8.55. The second-order valence-corrected chi connectivity index (χ2v) is 7.09. The van der Waals surface area contributed by atoms with E-state index in [1.165, 1.54) is 0 Å².